The minimum atomic E-state index is -0.465. The molecule has 1 aromatic carbocycles. The Kier molecular flexibility index (Phi) is 5.10. The molecule has 0 spiro atoms. The molecule has 0 aliphatic rings. The van der Waals surface area contributed by atoms with E-state index in [1.54, 1.807) is 6.92 Å². The Morgan fingerprint density at radius 3 is 2.67 bits per heavy atom. The molecule has 7 nitrogen and oxygen atoms in total. The molecule has 1 heterocycles. The van der Waals surface area contributed by atoms with E-state index in [-0.39, 0.29) is 22.9 Å². The maximum Gasteiger partial charge on any atom is 0.323 e. The van der Waals surface area contributed by atoms with Crippen LogP contribution in [0.25, 0.3) is 0 Å². The lowest BCUT2D eigenvalue weighted by atomic mass is 10.3. The molecule has 2 aromatic rings. The van der Waals surface area contributed by atoms with Crippen molar-refractivity contribution in [2.45, 2.75) is 6.92 Å². The average molecular weight is 378 g/mol. The van der Waals surface area contributed by atoms with E-state index in [2.05, 4.69) is 41.6 Å². The van der Waals surface area contributed by atoms with Crippen molar-refractivity contribution < 1.29 is 9.13 Å². The lowest BCUT2D eigenvalue weighted by Gasteiger charge is -2.11. The van der Waals surface area contributed by atoms with Gasteiger partial charge in [-0.3, -0.25) is 5.43 Å². The van der Waals surface area contributed by atoms with Crippen LogP contribution in [0.15, 0.2) is 16.6 Å². The van der Waals surface area contributed by atoms with E-state index >= 15 is 0 Å². The van der Waals surface area contributed by atoms with Gasteiger partial charge in [0.1, 0.15) is 5.82 Å². The molecule has 0 saturated heterocycles. The van der Waals surface area contributed by atoms with Crippen molar-refractivity contribution in [2.24, 2.45) is 5.84 Å². The van der Waals surface area contributed by atoms with Gasteiger partial charge in [0.25, 0.3) is 0 Å². The highest BCUT2D eigenvalue weighted by atomic mass is 79.9. The van der Waals surface area contributed by atoms with E-state index in [1.807, 2.05) is 0 Å². The van der Waals surface area contributed by atoms with E-state index < -0.39 is 5.82 Å². The highest BCUT2D eigenvalue weighted by Crippen LogP contribution is 2.33. The Morgan fingerprint density at radius 1 is 1.33 bits per heavy atom. The van der Waals surface area contributed by atoms with Crippen LogP contribution in [0.1, 0.15) is 6.92 Å². The molecule has 2 rings (SSSR count). The zero-order valence-corrected chi connectivity index (χ0v) is 13.2. The third kappa shape index (κ3) is 3.90. The number of hydrogen-bond acceptors (Lipinski definition) is 7. The summed E-state index contributed by atoms with van der Waals surface area (Å²) < 4.78 is 18.8. The van der Waals surface area contributed by atoms with Gasteiger partial charge in [0, 0.05) is 4.47 Å². The van der Waals surface area contributed by atoms with Crippen molar-refractivity contribution in [1.29, 1.82) is 0 Å². The second-order valence-electron chi connectivity index (χ2n) is 3.71. The molecule has 0 aliphatic carbocycles. The van der Waals surface area contributed by atoms with Gasteiger partial charge in [0.15, 0.2) is 0 Å². The highest BCUT2D eigenvalue weighted by Gasteiger charge is 2.12. The molecule has 10 heteroatoms. The summed E-state index contributed by atoms with van der Waals surface area (Å²) in [6, 6.07) is 2.53. The van der Waals surface area contributed by atoms with Gasteiger partial charge in [-0.25, -0.2) is 10.2 Å². The topological polar surface area (TPSA) is 98.0 Å². The number of hydrazine groups is 1. The van der Waals surface area contributed by atoms with Gasteiger partial charge in [-0.1, -0.05) is 11.6 Å². The van der Waals surface area contributed by atoms with E-state index in [1.165, 1.54) is 12.1 Å². The van der Waals surface area contributed by atoms with Crippen LogP contribution >= 0.6 is 27.5 Å². The molecule has 4 N–H and O–H groups in total. The second kappa shape index (κ2) is 6.83. The van der Waals surface area contributed by atoms with Crippen molar-refractivity contribution in [3.05, 3.63) is 27.4 Å². The summed E-state index contributed by atoms with van der Waals surface area (Å²) in [7, 11) is 0. The first-order valence-electron chi connectivity index (χ1n) is 5.80. The van der Waals surface area contributed by atoms with Gasteiger partial charge in [0.05, 0.1) is 17.3 Å². The van der Waals surface area contributed by atoms with E-state index in [0.717, 1.165) is 0 Å². The van der Waals surface area contributed by atoms with Crippen molar-refractivity contribution in [3.63, 3.8) is 0 Å². The summed E-state index contributed by atoms with van der Waals surface area (Å²) in [5.41, 5.74) is 2.72. The number of aromatic nitrogens is 3. The number of nitrogens with zero attached hydrogens (tertiary/aromatic N) is 3. The highest BCUT2D eigenvalue weighted by molar-refractivity contribution is 9.10. The molecule has 0 radical (unpaired) electrons. The third-order valence-electron chi connectivity index (χ3n) is 2.26. The molecule has 0 bridgehead atoms. The van der Waals surface area contributed by atoms with Crippen LogP contribution in [0.3, 0.4) is 0 Å². The van der Waals surface area contributed by atoms with Gasteiger partial charge in [-0.15, -0.1) is 0 Å². The minimum absolute atomic E-state index is 0.0947. The summed E-state index contributed by atoms with van der Waals surface area (Å²) in [6.45, 7) is 2.17. The predicted molar refractivity (Wildman–Crippen MR) is 81.2 cm³/mol. The molecule has 112 valence electrons. The van der Waals surface area contributed by atoms with Crippen LogP contribution in [0.5, 0.6) is 6.01 Å². The minimum Gasteiger partial charge on any atom is -0.464 e. The number of ether oxygens (including phenoxy) is 1. The summed E-state index contributed by atoms with van der Waals surface area (Å²) in [4.78, 5) is 12.0. The third-order valence-corrected chi connectivity index (χ3v) is 3.18. The molecule has 0 amide bonds. The normalized spacial score (nSPS) is 10.3. The summed E-state index contributed by atoms with van der Waals surface area (Å²) in [5.74, 6) is 5.09. The van der Waals surface area contributed by atoms with E-state index in [9.17, 15) is 4.39 Å². The Labute approximate surface area is 133 Å². The van der Waals surface area contributed by atoms with Crippen molar-refractivity contribution in [2.75, 3.05) is 17.3 Å². The number of nitrogens with two attached hydrogens (primary N) is 1. The number of nitrogen functional groups attached to an aromatic ring is 1. The zero-order valence-electron chi connectivity index (χ0n) is 10.8. The number of nitrogens with one attached hydrogen (secondary N) is 2. The van der Waals surface area contributed by atoms with Crippen LogP contribution in [0.2, 0.25) is 5.02 Å². The molecule has 1 aromatic heterocycles. The van der Waals surface area contributed by atoms with Crippen molar-refractivity contribution in [1.82, 2.24) is 15.0 Å². The molecule has 0 aliphatic heterocycles. The lowest BCUT2D eigenvalue weighted by Crippen LogP contribution is -2.13. The number of halogens is 3. The Balaban J connectivity index is 2.37. The van der Waals surface area contributed by atoms with Crippen LogP contribution in [-0.4, -0.2) is 21.6 Å². The summed E-state index contributed by atoms with van der Waals surface area (Å²) in [6.07, 6.45) is 0. The van der Waals surface area contributed by atoms with Gasteiger partial charge in [0.2, 0.25) is 11.9 Å². The van der Waals surface area contributed by atoms with Crippen molar-refractivity contribution in [3.8, 4) is 6.01 Å². The number of rotatable bonds is 5. The fourth-order valence-corrected chi connectivity index (χ4v) is 2.34. The quantitative estimate of drug-likeness (QED) is 0.544. The number of hydrogen-bond donors (Lipinski definition) is 3. The monoisotopic (exact) mass is 376 g/mol. The predicted octanol–water partition coefficient (Wildman–Crippen LogP) is 2.85. The molecule has 0 unspecified atom stereocenters. The molecule has 21 heavy (non-hydrogen) atoms. The summed E-state index contributed by atoms with van der Waals surface area (Å²) >= 11 is 9.19. The maximum absolute atomic E-state index is 13.2. The van der Waals surface area contributed by atoms with Gasteiger partial charge < -0.3 is 10.1 Å². The second-order valence-corrected chi connectivity index (χ2v) is 4.97. The maximum atomic E-state index is 13.2. The fourth-order valence-electron chi connectivity index (χ4n) is 1.44. The SMILES string of the molecule is CCOc1nc(NN)nc(Nc2c(Cl)cc(F)cc2Br)n1. The smallest absolute Gasteiger partial charge is 0.323 e. The zero-order chi connectivity index (χ0) is 15.4. The first kappa shape index (κ1) is 15.7. The number of anilines is 3. The Bertz CT molecular complexity index is 636. The Hall–Kier alpha value is -1.71. The van der Waals surface area contributed by atoms with Crippen LogP contribution in [-0.2, 0) is 0 Å². The number of benzene rings is 1. The van der Waals surface area contributed by atoms with Crippen LogP contribution in [0, 0.1) is 5.82 Å². The standard InChI is InChI=1S/C11H11BrClFN6O/c1-2-21-11-18-9(17-10(19-11)20-15)16-8-6(12)3-5(14)4-7(8)13/h3-4H,2,15H2,1H3,(H2,16,17,18,19,20). The lowest BCUT2D eigenvalue weighted by molar-refractivity contribution is 0.312. The molecule has 0 saturated carbocycles. The Morgan fingerprint density at radius 2 is 2.05 bits per heavy atom. The van der Waals surface area contributed by atoms with E-state index in [0.29, 0.717) is 16.8 Å². The fraction of sp³-hybridized carbons (Fsp3) is 0.182. The molecule has 0 fully saturated rings. The van der Waals surface area contributed by atoms with Crippen molar-refractivity contribution >= 4 is 45.1 Å². The van der Waals surface area contributed by atoms with Gasteiger partial charge in [-0.2, -0.15) is 15.0 Å². The molecule has 0 atom stereocenters. The molecular weight excluding hydrogens is 367 g/mol. The molecular formula is C11H11BrClFN6O. The van der Waals surface area contributed by atoms with Gasteiger partial charge >= 0.3 is 6.01 Å². The largest absolute Gasteiger partial charge is 0.464 e. The van der Waals surface area contributed by atoms with Gasteiger partial charge in [-0.05, 0) is 35.0 Å². The first-order chi connectivity index (χ1) is 10.0. The summed E-state index contributed by atoms with van der Waals surface area (Å²) in [5, 5.41) is 3.03. The first-order valence-corrected chi connectivity index (χ1v) is 6.97. The van der Waals surface area contributed by atoms with Crippen LogP contribution in [0.4, 0.5) is 22.0 Å². The van der Waals surface area contributed by atoms with E-state index in [4.69, 9.17) is 22.2 Å². The average Bonchev–Trinajstić information content (AvgIpc) is 2.43. The van der Waals surface area contributed by atoms with Crippen LogP contribution < -0.4 is 21.3 Å².